The largest absolute Gasteiger partial charge is 0.465 e. The van der Waals surface area contributed by atoms with E-state index in [2.05, 4.69) is 15.1 Å². The summed E-state index contributed by atoms with van der Waals surface area (Å²) in [5.41, 5.74) is 2.28. The summed E-state index contributed by atoms with van der Waals surface area (Å²) >= 11 is 1.23. The molecule has 1 amide bonds. The fraction of sp³-hybridized carbons (Fsp3) is 0.346. The molecule has 0 spiro atoms. The number of rotatable bonds is 9. The predicted molar refractivity (Wildman–Crippen MR) is 139 cm³/mol. The molecule has 2 aromatic heterocycles. The van der Waals surface area contributed by atoms with Crippen molar-refractivity contribution in [3.8, 4) is 0 Å². The molecule has 184 valence electrons. The number of thiophene rings is 1. The van der Waals surface area contributed by atoms with Gasteiger partial charge in [0.25, 0.3) is 0 Å². The number of piperazine rings is 1. The fourth-order valence-corrected chi connectivity index (χ4v) is 5.05. The summed E-state index contributed by atoms with van der Waals surface area (Å²) in [5, 5.41) is 3.59. The van der Waals surface area contributed by atoms with Crippen LogP contribution in [0.4, 0.5) is 5.69 Å². The van der Waals surface area contributed by atoms with Crippen molar-refractivity contribution in [2.75, 3.05) is 58.9 Å². The van der Waals surface area contributed by atoms with Crippen LogP contribution in [-0.2, 0) is 20.8 Å². The van der Waals surface area contributed by atoms with Crippen molar-refractivity contribution in [2.24, 2.45) is 0 Å². The molecule has 1 aliphatic heterocycles. The molecule has 1 N–H and O–H groups in total. The van der Waals surface area contributed by atoms with Crippen molar-refractivity contribution >= 4 is 45.2 Å². The van der Waals surface area contributed by atoms with Crippen LogP contribution in [0.3, 0.4) is 0 Å². The quantitative estimate of drug-likeness (QED) is 0.360. The molecule has 0 bridgehead atoms. The van der Waals surface area contributed by atoms with Crippen LogP contribution in [0.5, 0.6) is 0 Å². The molecule has 9 heteroatoms. The Bertz CT molecular complexity index is 1190. The normalized spacial score (nSPS) is 15.0. The smallest absolute Gasteiger partial charge is 0.350 e. The summed E-state index contributed by atoms with van der Waals surface area (Å²) in [6, 6.07) is 13.4. The number of fused-ring (bicyclic) bond motifs is 1. The fourth-order valence-electron chi connectivity index (χ4n) is 3.99. The van der Waals surface area contributed by atoms with Gasteiger partial charge in [-0.3, -0.25) is 14.6 Å². The molecule has 1 aliphatic rings. The van der Waals surface area contributed by atoms with Gasteiger partial charge >= 0.3 is 5.97 Å². The molecule has 0 radical (unpaired) electrons. The second-order valence-electron chi connectivity index (χ2n) is 8.30. The van der Waals surface area contributed by atoms with Crippen LogP contribution >= 0.6 is 11.3 Å². The van der Waals surface area contributed by atoms with Crippen molar-refractivity contribution in [3.63, 3.8) is 0 Å². The first-order chi connectivity index (χ1) is 17.1. The highest BCUT2D eigenvalue weighted by molar-refractivity contribution is 7.21. The Balaban J connectivity index is 1.48. The lowest BCUT2D eigenvalue weighted by atomic mass is 10.2. The molecule has 3 heterocycles. The lowest BCUT2D eigenvalue weighted by molar-refractivity contribution is -0.111. The van der Waals surface area contributed by atoms with E-state index in [9.17, 15) is 9.59 Å². The number of ether oxygens (including phenoxy) is 2. The van der Waals surface area contributed by atoms with E-state index in [4.69, 9.17) is 14.5 Å². The zero-order chi connectivity index (χ0) is 24.6. The predicted octanol–water partition coefficient (Wildman–Crippen LogP) is 3.50. The van der Waals surface area contributed by atoms with Gasteiger partial charge in [-0.25, -0.2) is 9.78 Å². The van der Waals surface area contributed by atoms with E-state index in [1.54, 1.807) is 13.2 Å². The Hall–Kier alpha value is -3.11. The maximum absolute atomic E-state index is 12.6. The van der Waals surface area contributed by atoms with E-state index in [0.29, 0.717) is 15.4 Å². The molecule has 3 aromatic rings. The molecule has 0 aliphatic carbocycles. The Morgan fingerprint density at radius 1 is 1.06 bits per heavy atom. The van der Waals surface area contributed by atoms with Gasteiger partial charge in [0.2, 0.25) is 5.91 Å². The molecule has 35 heavy (non-hydrogen) atoms. The van der Waals surface area contributed by atoms with Crippen LogP contribution in [0, 0.1) is 0 Å². The van der Waals surface area contributed by atoms with E-state index in [-0.39, 0.29) is 5.91 Å². The molecule has 1 fully saturated rings. The maximum atomic E-state index is 12.6. The zero-order valence-corrected chi connectivity index (χ0v) is 20.8. The van der Waals surface area contributed by atoms with E-state index in [1.807, 2.05) is 42.5 Å². The van der Waals surface area contributed by atoms with Crippen LogP contribution in [-0.4, -0.2) is 80.2 Å². The van der Waals surface area contributed by atoms with Crippen LogP contribution in [0.1, 0.15) is 20.9 Å². The number of nitrogens with zero attached hydrogens (tertiary/aromatic N) is 3. The SMILES string of the molecule is COCCN1CCN(Cc2ccc3c(NC(=O)/C=C/c4ccccc4)c(C(=O)OC)sc3n2)CC1. The molecule has 4 rings (SSSR count). The molecule has 1 aromatic carbocycles. The second kappa shape index (κ2) is 12.0. The Kier molecular flexibility index (Phi) is 8.59. The lowest BCUT2D eigenvalue weighted by Crippen LogP contribution is -2.46. The Morgan fingerprint density at radius 2 is 1.80 bits per heavy atom. The van der Waals surface area contributed by atoms with Gasteiger partial charge in [-0.05, 0) is 23.8 Å². The minimum Gasteiger partial charge on any atom is -0.465 e. The number of anilines is 1. The lowest BCUT2D eigenvalue weighted by Gasteiger charge is -2.34. The zero-order valence-electron chi connectivity index (χ0n) is 20.0. The van der Waals surface area contributed by atoms with Crippen molar-refractivity contribution < 1.29 is 19.1 Å². The number of benzene rings is 1. The number of pyridine rings is 1. The second-order valence-corrected chi connectivity index (χ2v) is 9.30. The number of nitrogens with one attached hydrogen (secondary N) is 1. The van der Waals surface area contributed by atoms with Crippen molar-refractivity contribution in [1.82, 2.24) is 14.8 Å². The molecule has 0 saturated carbocycles. The number of esters is 1. The third-order valence-electron chi connectivity index (χ3n) is 5.92. The number of methoxy groups -OCH3 is 2. The van der Waals surface area contributed by atoms with Gasteiger partial charge in [0.1, 0.15) is 9.71 Å². The molecule has 1 saturated heterocycles. The first-order valence-corrected chi connectivity index (χ1v) is 12.4. The van der Waals surface area contributed by atoms with Gasteiger partial charge < -0.3 is 14.8 Å². The summed E-state index contributed by atoms with van der Waals surface area (Å²) in [7, 11) is 3.06. The third kappa shape index (κ3) is 6.52. The minimum atomic E-state index is -0.496. The van der Waals surface area contributed by atoms with Crippen LogP contribution in [0.25, 0.3) is 16.3 Å². The first-order valence-electron chi connectivity index (χ1n) is 11.6. The average Bonchev–Trinajstić information content (AvgIpc) is 3.24. The Labute approximate surface area is 209 Å². The number of aromatic nitrogens is 1. The monoisotopic (exact) mass is 494 g/mol. The van der Waals surface area contributed by atoms with Gasteiger partial charge in [0, 0.05) is 57.8 Å². The standard InChI is InChI=1S/C26H30N4O4S/c1-33-17-16-29-12-14-30(15-13-29)18-20-9-10-21-23(24(26(32)34-2)35-25(21)27-20)28-22(31)11-8-19-6-4-3-5-7-19/h3-11H,12-18H2,1-2H3,(H,28,31)/b11-8+. The summed E-state index contributed by atoms with van der Waals surface area (Å²) in [4.78, 5) is 35.7. The van der Waals surface area contributed by atoms with Crippen LogP contribution in [0.15, 0.2) is 48.5 Å². The van der Waals surface area contributed by atoms with Crippen molar-refractivity contribution in [1.29, 1.82) is 0 Å². The highest BCUT2D eigenvalue weighted by Crippen LogP contribution is 2.35. The summed E-state index contributed by atoms with van der Waals surface area (Å²) < 4.78 is 10.1. The minimum absolute atomic E-state index is 0.325. The maximum Gasteiger partial charge on any atom is 0.350 e. The molecule has 0 unspecified atom stereocenters. The number of hydrogen-bond acceptors (Lipinski definition) is 8. The summed E-state index contributed by atoms with van der Waals surface area (Å²) in [6.07, 6.45) is 3.18. The van der Waals surface area contributed by atoms with Gasteiger partial charge in [0.15, 0.2) is 0 Å². The Morgan fingerprint density at radius 3 is 2.51 bits per heavy atom. The highest BCUT2D eigenvalue weighted by Gasteiger charge is 2.22. The van der Waals surface area contributed by atoms with Gasteiger partial charge in [-0.1, -0.05) is 30.3 Å². The summed E-state index contributed by atoms with van der Waals surface area (Å²) in [6.45, 7) is 6.39. The van der Waals surface area contributed by atoms with E-state index in [1.165, 1.54) is 24.5 Å². The number of carbonyl (C=O) groups excluding carboxylic acids is 2. The molecule has 0 atom stereocenters. The number of carbonyl (C=O) groups is 2. The molecular formula is C26H30N4O4S. The van der Waals surface area contributed by atoms with E-state index < -0.39 is 5.97 Å². The topological polar surface area (TPSA) is 84.0 Å². The first kappa shape index (κ1) is 25.0. The molecule has 8 nitrogen and oxygen atoms in total. The third-order valence-corrected chi connectivity index (χ3v) is 7.00. The van der Waals surface area contributed by atoms with Gasteiger partial charge in [-0.2, -0.15) is 0 Å². The van der Waals surface area contributed by atoms with Crippen molar-refractivity contribution in [3.05, 3.63) is 64.7 Å². The van der Waals surface area contributed by atoms with Gasteiger partial charge in [0.05, 0.1) is 25.1 Å². The summed E-state index contributed by atoms with van der Waals surface area (Å²) in [5.74, 6) is -0.821. The van der Waals surface area contributed by atoms with E-state index >= 15 is 0 Å². The van der Waals surface area contributed by atoms with Crippen LogP contribution < -0.4 is 5.32 Å². The highest BCUT2D eigenvalue weighted by atomic mass is 32.1. The van der Waals surface area contributed by atoms with Crippen LogP contribution in [0.2, 0.25) is 0 Å². The van der Waals surface area contributed by atoms with E-state index in [0.717, 1.165) is 62.5 Å². The van der Waals surface area contributed by atoms with Gasteiger partial charge in [-0.15, -0.1) is 11.3 Å². The molecular weight excluding hydrogens is 464 g/mol. The van der Waals surface area contributed by atoms with Crippen molar-refractivity contribution in [2.45, 2.75) is 6.54 Å². The number of amides is 1. The number of hydrogen-bond donors (Lipinski definition) is 1. The average molecular weight is 495 g/mol.